The summed E-state index contributed by atoms with van der Waals surface area (Å²) >= 11 is 0. The predicted molar refractivity (Wildman–Crippen MR) is 96.3 cm³/mol. The number of amides is 1. The van der Waals surface area contributed by atoms with Crippen LogP contribution in [-0.4, -0.2) is 11.1 Å². The minimum absolute atomic E-state index is 0.0374. The van der Waals surface area contributed by atoms with Crippen molar-refractivity contribution in [3.63, 3.8) is 0 Å². The van der Waals surface area contributed by atoms with E-state index in [1.807, 2.05) is 36.4 Å². The summed E-state index contributed by atoms with van der Waals surface area (Å²) in [7, 11) is 0. The molecule has 0 aliphatic heterocycles. The van der Waals surface area contributed by atoms with Gasteiger partial charge in [0.05, 0.1) is 6.04 Å². The van der Waals surface area contributed by atoms with Crippen LogP contribution in [0.5, 0.6) is 0 Å². The van der Waals surface area contributed by atoms with Crippen LogP contribution in [0.15, 0.2) is 59.1 Å². The number of carbonyl (C=O) groups excluding carboxylic acids is 1. The number of nitrogens with one attached hydrogen (secondary N) is 1. The van der Waals surface area contributed by atoms with Crippen LogP contribution in [0.3, 0.4) is 0 Å². The van der Waals surface area contributed by atoms with E-state index in [-0.39, 0.29) is 11.9 Å². The van der Waals surface area contributed by atoms with Gasteiger partial charge in [-0.1, -0.05) is 59.8 Å². The highest BCUT2D eigenvalue weighted by Gasteiger charge is 2.26. The number of carbonyl (C=O) groups is 1. The van der Waals surface area contributed by atoms with E-state index in [9.17, 15) is 4.79 Å². The molecule has 1 heterocycles. The summed E-state index contributed by atoms with van der Waals surface area (Å²) in [5, 5.41) is 7.30. The largest absolute Gasteiger partial charge is 0.360 e. The molecule has 0 fully saturated rings. The van der Waals surface area contributed by atoms with Crippen LogP contribution < -0.4 is 5.32 Å². The maximum atomic E-state index is 13.0. The molecular weight excluding hydrogens is 312 g/mol. The van der Waals surface area contributed by atoms with Crippen LogP contribution in [0.1, 0.15) is 46.1 Å². The Morgan fingerprint density at radius 1 is 1.12 bits per heavy atom. The Labute approximate surface area is 146 Å². The third kappa shape index (κ3) is 2.95. The Morgan fingerprint density at radius 2 is 1.88 bits per heavy atom. The first-order chi connectivity index (χ1) is 12.2. The fourth-order valence-electron chi connectivity index (χ4n) is 3.57. The number of hydrogen-bond acceptors (Lipinski definition) is 3. The van der Waals surface area contributed by atoms with Crippen molar-refractivity contribution in [1.29, 1.82) is 0 Å². The van der Waals surface area contributed by atoms with E-state index in [0.29, 0.717) is 17.0 Å². The van der Waals surface area contributed by atoms with Crippen LogP contribution in [0.25, 0.3) is 11.3 Å². The molecule has 25 heavy (non-hydrogen) atoms. The summed E-state index contributed by atoms with van der Waals surface area (Å²) < 4.78 is 5.32. The topological polar surface area (TPSA) is 55.1 Å². The Hall–Kier alpha value is -2.88. The highest BCUT2D eigenvalue weighted by Crippen LogP contribution is 2.31. The number of rotatable bonds is 3. The molecule has 4 heteroatoms. The van der Waals surface area contributed by atoms with E-state index in [1.165, 1.54) is 11.1 Å². The molecule has 1 aromatic heterocycles. The number of aromatic nitrogens is 1. The van der Waals surface area contributed by atoms with Gasteiger partial charge in [0.25, 0.3) is 5.91 Å². The van der Waals surface area contributed by atoms with Gasteiger partial charge in [0.2, 0.25) is 0 Å². The monoisotopic (exact) mass is 332 g/mol. The smallest absolute Gasteiger partial charge is 0.257 e. The molecule has 1 aliphatic rings. The van der Waals surface area contributed by atoms with Gasteiger partial charge in [-0.2, -0.15) is 0 Å². The number of fused-ring (bicyclic) bond motifs is 1. The highest BCUT2D eigenvalue weighted by atomic mass is 16.5. The zero-order valence-electron chi connectivity index (χ0n) is 14.2. The average Bonchev–Trinajstić information content (AvgIpc) is 3.04. The van der Waals surface area contributed by atoms with E-state index in [4.69, 9.17) is 4.52 Å². The molecule has 0 bridgehead atoms. The molecule has 0 spiro atoms. The van der Waals surface area contributed by atoms with E-state index < -0.39 is 0 Å². The second-order valence-corrected chi connectivity index (χ2v) is 6.45. The van der Waals surface area contributed by atoms with Gasteiger partial charge < -0.3 is 9.84 Å². The molecule has 4 rings (SSSR count). The fourth-order valence-corrected chi connectivity index (χ4v) is 3.57. The summed E-state index contributed by atoms with van der Waals surface area (Å²) in [6.07, 6.45) is 3.11. The maximum absolute atomic E-state index is 13.0. The zero-order valence-corrected chi connectivity index (χ0v) is 14.2. The Morgan fingerprint density at radius 3 is 2.72 bits per heavy atom. The summed E-state index contributed by atoms with van der Waals surface area (Å²) in [6, 6.07) is 18.0. The molecule has 1 aliphatic carbocycles. The molecule has 3 aromatic rings. The van der Waals surface area contributed by atoms with Gasteiger partial charge in [-0.15, -0.1) is 0 Å². The van der Waals surface area contributed by atoms with Crippen LogP contribution in [-0.2, 0) is 6.42 Å². The fraction of sp³-hybridized carbons (Fsp3) is 0.238. The lowest BCUT2D eigenvalue weighted by Gasteiger charge is -2.26. The molecule has 4 nitrogen and oxygen atoms in total. The molecule has 1 atom stereocenters. The molecule has 0 saturated carbocycles. The third-order valence-electron chi connectivity index (χ3n) is 4.81. The van der Waals surface area contributed by atoms with Crippen molar-refractivity contribution in [3.8, 4) is 11.3 Å². The standard InChI is InChI=1S/C21H20N2O2/c1-14-19(20(23-25-14)16-9-3-2-4-10-16)21(24)22-18-13-7-11-15-8-5-6-12-17(15)18/h2-6,8-10,12,18H,7,11,13H2,1H3,(H,22,24). The van der Waals surface area contributed by atoms with E-state index in [2.05, 4.69) is 28.7 Å². The number of benzene rings is 2. The molecule has 2 aromatic carbocycles. The van der Waals surface area contributed by atoms with Gasteiger partial charge in [-0.05, 0) is 37.3 Å². The summed E-state index contributed by atoms with van der Waals surface area (Å²) in [4.78, 5) is 13.0. The number of hydrogen-bond donors (Lipinski definition) is 1. The number of aryl methyl sites for hydroxylation is 2. The molecule has 1 unspecified atom stereocenters. The molecular formula is C21H20N2O2. The molecule has 0 saturated heterocycles. The van der Waals surface area contributed by atoms with Crippen molar-refractivity contribution in [1.82, 2.24) is 10.5 Å². The lowest BCUT2D eigenvalue weighted by molar-refractivity contribution is 0.0932. The average molecular weight is 332 g/mol. The van der Waals surface area contributed by atoms with Crippen molar-refractivity contribution in [2.24, 2.45) is 0 Å². The first-order valence-electron chi connectivity index (χ1n) is 8.64. The van der Waals surface area contributed by atoms with Gasteiger partial charge >= 0.3 is 0 Å². The molecule has 1 amide bonds. The van der Waals surface area contributed by atoms with E-state index in [1.54, 1.807) is 6.92 Å². The van der Waals surface area contributed by atoms with Crippen molar-refractivity contribution in [3.05, 3.63) is 77.0 Å². The van der Waals surface area contributed by atoms with Crippen LogP contribution in [0.2, 0.25) is 0 Å². The maximum Gasteiger partial charge on any atom is 0.257 e. The van der Waals surface area contributed by atoms with Crippen molar-refractivity contribution in [2.45, 2.75) is 32.2 Å². The first kappa shape index (κ1) is 15.6. The molecule has 0 radical (unpaired) electrons. The minimum atomic E-state index is -0.126. The normalized spacial score (nSPS) is 16.3. The van der Waals surface area contributed by atoms with Crippen LogP contribution in [0, 0.1) is 6.92 Å². The summed E-state index contributed by atoms with van der Waals surface area (Å²) in [5.74, 6) is 0.416. The lowest BCUT2D eigenvalue weighted by atomic mass is 9.87. The van der Waals surface area contributed by atoms with Crippen molar-refractivity contribution >= 4 is 5.91 Å². The summed E-state index contributed by atoms with van der Waals surface area (Å²) in [6.45, 7) is 1.78. The minimum Gasteiger partial charge on any atom is -0.360 e. The van der Waals surface area contributed by atoms with Crippen LogP contribution >= 0.6 is 0 Å². The predicted octanol–water partition coefficient (Wildman–Crippen LogP) is 4.46. The van der Waals surface area contributed by atoms with Gasteiger partial charge in [0.1, 0.15) is 17.0 Å². The van der Waals surface area contributed by atoms with Gasteiger partial charge in [-0.25, -0.2) is 0 Å². The SMILES string of the molecule is Cc1onc(-c2ccccc2)c1C(=O)NC1CCCc2ccccc21. The van der Waals surface area contributed by atoms with E-state index in [0.717, 1.165) is 24.8 Å². The Bertz CT molecular complexity index is 899. The number of nitrogens with zero attached hydrogens (tertiary/aromatic N) is 1. The van der Waals surface area contributed by atoms with Crippen molar-refractivity contribution < 1.29 is 9.32 Å². The van der Waals surface area contributed by atoms with Gasteiger partial charge in [0.15, 0.2) is 0 Å². The van der Waals surface area contributed by atoms with E-state index >= 15 is 0 Å². The van der Waals surface area contributed by atoms with Crippen molar-refractivity contribution in [2.75, 3.05) is 0 Å². The lowest BCUT2D eigenvalue weighted by Crippen LogP contribution is -2.31. The quantitative estimate of drug-likeness (QED) is 0.770. The van der Waals surface area contributed by atoms with Gasteiger partial charge in [0, 0.05) is 5.56 Å². The second kappa shape index (κ2) is 6.55. The zero-order chi connectivity index (χ0) is 17.2. The first-order valence-corrected chi connectivity index (χ1v) is 8.64. The third-order valence-corrected chi connectivity index (χ3v) is 4.81. The Kier molecular flexibility index (Phi) is 4.10. The summed E-state index contributed by atoms with van der Waals surface area (Å²) in [5.41, 5.74) is 4.55. The van der Waals surface area contributed by atoms with Crippen LogP contribution in [0.4, 0.5) is 0 Å². The highest BCUT2D eigenvalue weighted by molar-refractivity contribution is 6.01. The Balaban J connectivity index is 1.64. The molecule has 126 valence electrons. The second-order valence-electron chi connectivity index (χ2n) is 6.45. The van der Waals surface area contributed by atoms with Gasteiger partial charge in [-0.3, -0.25) is 4.79 Å². The molecule has 1 N–H and O–H groups in total.